The summed E-state index contributed by atoms with van der Waals surface area (Å²) in [6.07, 6.45) is -2.49. The molecule has 9 heteroatoms. The van der Waals surface area contributed by atoms with Gasteiger partial charge in [0, 0.05) is 6.42 Å². The highest BCUT2D eigenvalue weighted by molar-refractivity contribution is 5.94. The molecule has 0 bridgehead atoms. The van der Waals surface area contributed by atoms with E-state index in [4.69, 9.17) is 14.2 Å². The highest BCUT2D eigenvalue weighted by Crippen LogP contribution is 2.23. The molecule has 0 saturated carbocycles. The van der Waals surface area contributed by atoms with Crippen molar-refractivity contribution in [1.29, 1.82) is 0 Å². The van der Waals surface area contributed by atoms with Crippen LogP contribution in [0, 0.1) is 0 Å². The molecule has 1 aromatic carbocycles. The number of imide groups is 2. The number of likely N-dealkylation sites (tertiary alicyclic amines) is 1. The van der Waals surface area contributed by atoms with Crippen LogP contribution in [0.4, 0.5) is 14.4 Å². The lowest BCUT2D eigenvalue weighted by Crippen LogP contribution is -2.57. The molecule has 1 aromatic rings. The molecule has 0 aromatic heterocycles. The molecule has 1 aliphatic heterocycles. The monoisotopic (exact) mass is 448 g/mol. The van der Waals surface area contributed by atoms with E-state index in [1.807, 2.05) is 18.2 Å². The Balaban J connectivity index is 2.17. The van der Waals surface area contributed by atoms with Gasteiger partial charge in [0.15, 0.2) is 0 Å². The van der Waals surface area contributed by atoms with E-state index < -0.39 is 41.4 Å². The fourth-order valence-electron chi connectivity index (χ4n) is 3.01. The molecule has 2 rings (SSSR count). The molecule has 0 radical (unpaired) electrons. The van der Waals surface area contributed by atoms with Crippen molar-refractivity contribution in [2.75, 3.05) is 6.54 Å². The maximum Gasteiger partial charge on any atom is 0.420 e. The summed E-state index contributed by atoms with van der Waals surface area (Å²) in [5.41, 5.74) is -0.933. The van der Waals surface area contributed by atoms with Crippen LogP contribution in [0.25, 0.3) is 0 Å². The van der Waals surface area contributed by atoms with Crippen LogP contribution in [0.3, 0.4) is 0 Å². The zero-order chi connectivity index (χ0) is 24.1. The molecule has 1 saturated heterocycles. The summed E-state index contributed by atoms with van der Waals surface area (Å²) in [6.45, 7) is 9.85. The molecule has 4 amide bonds. The second kappa shape index (κ2) is 10.0. The average Bonchev–Trinajstić information content (AvgIpc) is 2.65. The minimum Gasteiger partial charge on any atom is -0.444 e. The van der Waals surface area contributed by atoms with E-state index in [1.54, 1.807) is 53.7 Å². The molecule has 0 aliphatic carbocycles. The summed E-state index contributed by atoms with van der Waals surface area (Å²) in [4.78, 5) is 52.4. The van der Waals surface area contributed by atoms with E-state index in [0.717, 1.165) is 15.4 Å². The van der Waals surface area contributed by atoms with Gasteiger partial charge in [-0.05, 0) is 53.5 Å². The van der Waals surface area contributed by atoms with Crippen LogP contribution in [-0.4, -0.2) is 57.8 Å². The Morgan fingerprint density at radius 3 is 2.00 bits per heavy atom. The third-order valence-electron chi connectivity index (χ3n) is 4.36. The molecular weight excluding hydrogens is 416 g/mol. The standard InChI is InChI=1S/C23H32N2O7/c1-22(2,3)31-20(28)25(21(29)32-23(4,5)6)17-12-13-18(26)24(14-17)19(27)30-15-16-10-8-7-9-11-16/h7-11,17H,12-15H2,1-6H3/t17-/m0/s1. The zero-order valence-corrected chi connectivity index (χ0v) is 19.5. The Morgan fingerprint density at radius 1 is 0.969 bits per heavy atom. The van der Waals surface area contributed by atoms with Crippen LogP contribution >= 0.6 is 0 Å². The van der Waals surface area contributed by atoms with Gasteiger partial charge < -0.3 is 14.2 Å². The Kier molecular flexibility index (Phi) is 7.87. The second-order valence-electron chi connectivity index (χ2n) is 9.57. The van der Waals surface area contributed by atoms with Crippen molar-refractivity contribution < 1.29 is 33.4 Å². The maximum atomic E-state index is 12.8. The van der Waals surface area contributed by atoms with Crippen molar-refractivity contribution in [3.8, 4) is 0 Å². The van der Waals surface area contributed by atoms with Gasteiger partial charge in [-0.25, -0.2) is 24.2 Å². The van der Waals surface area contributed by atoms with E-state index in [2.05, 4.69) is 0 Å². The molecule has 1 aliphatic rings. The SMILES string of the molecule is CC(C)(C)OC(=O)N(C(=O)OC(C)(C)C)[C@H]1CCC(=O)N(C(=O)OCc2ccccc2)C1. The minimum atomic E-state index is -0.899. The molecule has 1 fully saturated rings. The summed E-state index contributed by atoms with van der Waals surface area (Å²) in [5.74, 6) is -0.437. The van der Waals surface area contributed by atoms with Gasteiger partial charge in [-0.1, -0.05) is 30.3 Å². The largest absolute Gasteiger partial charge is 0.444 e. The van der Waals surface area contributed by atoms with Gasteiger partial charge in [0.25, 0.3) is 0 Å². The van der Waals surface area contributed by atoms with Gasteiger partial charge >= 0.3 is 18.3 Å². The molecule has 0 spiro atoms. The van der Waals surface area contributed by atoms with Gasteiger partial charge in [-0.2, -0.15) is 0 Å². The molecule has 0 N–H and O–H groups in total. The Morgan fingerprint density at radius 2 is 1.50 bits per heavy atom. The van der Waals surface area contributed by atoms with Crippen LogP contribution in [0.1, 0.15) is 59.9 Å². The summed E-state index contributed by atoms with van der Waals surface area (Å²) < 4.78 is 16.0. The van der Waals surface area contributed by atoms with Crippen LogP contribution < -0.4 is 0 Å². The van der Waals surface area contributed by atoms with E-state index >= 15 is 0 Å². The predicted molar refractivity (Wildman–Crippen MR) is 116 cm³/mol. The predicted octanol–water partition coefficient (Wildman–Crippen LogP) is 4.49. The molecule has 9 nitrogen and oxygen atoms in total. The van der Waals surface area contributed by atoms with Crippen molar-refractivity contribution in [1.82, 2.24) is 9.80 Å². The maximum absolute atomic E-state index is 12.8. The molecular formula is C23H32N2O7. The van der Waals surface area contributed by atoms with E-state index in [1.165, 1.54) is 0 Å². The lowest BCUT2D eigenvalue weighted by molar-refractivity contribution is -0.133. The fourth-order valence-corrected chi connectivity index (χ4v) is 3.01. The van der Waals surface area contributed by atoms with Crippen LogP contribution in [-0.2, 0) is 25.6 Å². The van der Waals surface area contributed by atoms with E-state index in [9.17, 15) is 19.2 Å². The summed E-state index contributed by atoms with van der Waals surface area (Å²) in [5, 5.41) is 0. The van der Waals surface area contributed by atoms with Gasteiger partial charge in [0.1, 0.15) is 17.8 Å². The topological polar surface area (TPSA) is 102 Å². The first-order chi connectivity index (χ1) is 14.8. The third-order valence-corrected chi connectivity index (χ3v) is 4.36. The number of hydrogen-bond donors (Lipinski definition) is 0. The van der Waals surface area contributed by atoms with Crippen LogP contribution in [0.15, 0.2) is 30.3 Å². The Hall–Kier alpha value is -3.10. The Bertz CT molecular complexity index is 812. The van der Waals surface area contributed by atoms with Crippen LogP contribution in [0.5, 0.6) is 0 Å². The molecule has 32 heavy (non-hydrogen) atoms. The van der Waals surface area contributed by atoms with Gasteiger partial charge in [-0.3, -0.25) is 4.79 Å². The lowest BCUT2D eigenvalue weighted by atomic mass is 10.0. The van der Waals surface area contributed by atoms with Gasteiger partial charge in [0.05, 0.1) is 12.6 Å². The summed E-state index contributed by atoms with van der Waals surface area (Å²) >= 11 is 0. The highest BCUT2D eigenvalue weighted by atomic mass is 16.6. The van der Waals surface area contributed by atoms with Crippen molar-refractivity contribution in [2.24, 2.45) is 0 Å². The van der Waals surface area contributed by atoms with Crippen molar-refractivity contribution >= 4 is 24.2 Å². The average molecular weight is 449 g/mol. The third kappa shape index (κ3) is 7.55. The number of amides is 4. The molecule has 1 heterocycles. The van der Waals surface area contributed by atoms with Crippen molar-refractivity contribution in [3.05, 3.63) is 35.9 Å². The molecule has 1 atom stereocenters. The lowest BCUT2D eigenvalue weighted by Gasteiger charge is -2.37. The molecule has 0 unspecified atom stereocenters. The van der Waals surface area contributed by atoms with Crippen molar-refractivity contribution in [3.63, 3.8) is 0 Å². The van der Waals surface area contributed by atoms with Gasteiger partial charge in [-0.15, -0.1) is 0 Å². The van der Waals surface area contributed by atoms with Crippen LogP contribution in [0.2, 0.25) is 0 Å². The number of hydrogen-bond acceptors (Lipinski definition) is 7. The fraction of sp³-hybridized carbons (Fsp3) is 0.565. The smallest absolute Gasteiger partial charge is 0.420 e. The number of piperidine rings is 1. The number of benzene rings is 1. The first kappa shape index (κ1) is 25.2. The Labute approximate surface area is 188 Å². The summed E-state index contributed by atoms with van der Waals surface area (Å²) in [6, 6.07) is 8.24. The zero-order valence-electron chi connectivity index (χ0n) is 19.5. The second-order valence-corrected chi connectivity index (χ2v) is 9.57. The number of rotatable bonds is 3. The number of carbonyl (C=O) groups is 4. The van der Waals surface area contributed by atoms with E-state index in [0.29, 0.717) is 0 Å². The number of ether oxygens (including phenoxy) is 3. The molecule has 176 valence electrons. The normalized spacial score (nSPS) is 16.9. The number of carbonyl (C=O) groups excluding carboxylic acids is 4. The first-order valence-electron chi connectivity index (χ1n) is 10.5. The number of nitrogens with zero attached hydrogens (tertiary/aromatic N) is 2. The summed E-state index contributed by atoms with van der Waals surface area (Å²) in [7, 11) is 0. The quantitative estimate of drug-likeness (QED) is 0.628. The first-order valence-corrected chi connectivity index (χ1v) is 10.5. The highest BCUT2D eigenvalue weighted by Gasteiger charge is 2.42. The van der Waals surface area contributed by atoms with Crippen molar-refractivity contribution in [2.45, 2.75) is 78.2 Å². The van der Waals surface area contributed by atoms with E-state index in [-0.39, 0.29) is 26.0 Å². The minimum absolute atomic E-state index is 0.00400. The van der Waals surface area contributed by atoms with Gasteiger partial charge in [0.2, 0.25) is 5.91 Å².